The second-order valence-corrected chi connectivity index (χ2v) is 9.14. The first-order chi connectivity index (χ1) is 14.8. The van der Waals surface area contributed by atoms with Gasteiger partial charge < -0.3 is 11.5 Å². The topological polar surface area (TPSA) is 96.7 Å². The average molecular weight is 499 g/mol. The van der Waals surface area contributed by atoms with E-state index in [-0.39, 0.29) is 12.2 Å². The highest BCUT2D eigenvalue weighted by Crippen LogP contribution is 2.30. The summed E-state index contributed by atoms with van der Waals surface area (Å²) in [7, 11) is 0. The first-order valence-electron chi connectivity index (χ1n) is 9.58. The fourth-order valence-corrected chi connectivity index (χ4v) is 4.45. The van der Waals surface area contributed by atoms with Gasteiger partial charge in [-0.25, -0.2) is 14.0 Å². The predicted octanol–water partition coefficient (Wildman–Crippen LogP) is 4.71. The summed E-state index contributed by atoms with van der Waals surface area (Å²) < 4.78 is 5.49. The lowest BCUT2D eigenvalue weighted by Gasteiger charge is -2.18. The van der Waals surface area contributed by atoms with Crippen molar-refractivity contribution < 1.29 is 4.79 Å². The summed E-state index contributed by atoms with van der Waals surface area (Å²) in [5.74, 6) is -0.730. The predicted molar refractivity (Wildman–Crippen MR) is 131 cm³/mol. The molecule has 3 rings (SSSR count). The molecule has 0 aromatic heterocycles. The van der Waals surface area contributed by atoms with Crippen molar-refractivity contribution in [2.24, 2.45) is 16.5 Å². The zero-order chi connectivity index (χ0) is 22.4. The number of carbonyl (C=O) groups excluding carboxylic acids is 1. The summed E-state index contributed by atoms with van der Waals surface area (Å²) in [4.78, 5) is 16.7. The zero-order valence-corrected chi connectivity index (χ0v) is 19.7. The van der Waals surface area contributed by atoms with Crippen LogP contribution in [0.15, 0.2) is 58.7 Å². The highest BCUT2D eigenvalue weighted by molar-refractivity contribution is 7.95. The van der Waals surface area contributed by atoms with E-state index in [0.29, 0.717) is 37.6 Å². The Labute approximate surface area is 200 Å². The maximum absolute atomic E-state index is 12.0. The molecule has 0 radical (unpaired) electrons. The van der Waals surface area contributed by atoms with Gasteiger partial charge in [-0.2, -0.15) is 0 Å². The van der Waals surface area contributed by atoms with Gasteiger partial charge in [0.05, 0.1) is 16.4 Å². The van der Waals surface area contributed by atoms with Gasteiger partial charge in [0.2, 0.25) is 0 Å². The van der Waals surface area contributed by atoms with Gasteiger partial charge >= 0.3 is 0 Å². The molecule has 1 fully saturated rings. The summed E-state index contributed by atoms with van der Waals surface area (Å²) in [6, 6.07) is 12.1. The second kappa shape index (κ2) is 11.2. The molecule has 0 atom stereocenters. The molecule has 164 valence electrons. The van der Waals surface area contributed by atoms with E-state index in [1.165, 1.54) is 12.1 Å². The van der Waals surface area contributed by atoms with Gasteiger partial charge in [-0.05, 0) is 43.2 Å². The molecule has 0 aliphatic carbocycles. The number of nitrogens with one attached hydrogen (secondary N) is 1. The molecular formula is C21H22Cl3N5OS. The van der Waals surface area contributed by atoms with E-state index >= 15 is 0 Å². The van der Waals surface area contributed by atoms with E-state index in [0.717, 1.165) is 25.9 Å². The van der Waals surface area contributed by atoms with Crippen molar-refractivity contribution in [2.75, 3.05) is 19.6 Å². The van der Waals surface area contributed by atoms with E-state index in [4.69, 9.17) is 51.3 Å². The van der Waals surface area contributed by atoms with Gasteiger partial charge in [-0.1, -0.05) is 46.9 Å². The van der Waals surface area contributed by atoms with Crippen LogP contribution in [0.5, 0.6) is 0 Å². The van der Waals surface area contributed by atoms with Gasteiger partial charge in [-0.3, -0.25) is 4.79 Å². The molecule has 0 saturated carbocycles. The third-order valence-electron chi connectivity index (χ3n) is 4.64. The summed E-state index contributed by atoms with van der Waals surface area (Å²) >= 11 is 19.9. The summed E-state index contributed by atoms with van der Waals surface area (Å²) in [6.45, 7) is 2.27. The van der Waals surface area contributed by atoms with Crippen molar-refractivity contribution in [2.45, 2.75) is 12.8 Å². The van der Waals surface area contributed by atoms with E-state index in [2.05, 4.69) is 9.03 Å². The van der Waals surface area contributed by atoms with E-state index in [9.17, 15) is 4.79 Å². The Morgan fingerprint density at radius 2 is 1.68 bits per heavy atom. The van der Waals surface area contributed by atoms with E-state index in [1.807, 2.05) is 0 Å². The summed E-state index contributed by atoms with van der Waals surface area (Å²) in [6.07, 6.45) is 2.32. The van der Waals surface area contributed by atoms with Crippen LogP contribution in [-0.2, 0) is 4.79 Å². The molecule has 1 saturated heterocycles. The number of halogens is 3. The third kappa shape index (κ3) is 6.62. The molecule has 2 aromatic carbocycles. The maximum atomic E-state index is 12.0. The SMILES string of the molecule is NC(=O)/C(N)=C(\CNSN1CCCC1)C(=Nc1ccc(Cl)cc1Cl)c1ccc(Cl)cc1. The molecule has 1 aliphatic heterocycles. The highest BCUT2D eigenvalue weighted by Gasteiger charge is 2.19. The number of rotatable bonds is 8. The van der Waals surface area contributed by atoms with Crippen LogP contribution in [0.1, 0.15) is 18.4 Å². The zero-order valence-electron chi connectivity index (χ0n) is 16.6. The summed E-state index contributed by atoms with van der Waals surface area (Å²) in [5, 5.41) is 1.44. The van der Waals surface area contributed by atoms with Crippen LogP contribution in [-0.4, -0.2) is 35.6 Å². The normalized spacial score (nSPS) is 15.8. The smallest absolute Gasteiger partial charge is 0.264 e. The minimum atomic E-state index is -0.730. The number of carbonyl (C=O) groups is 1. The number of hydrogen-bond acceptors (Lipinski definition) is 6. The maximum Gasteiger partial charge on any atom is 0.264 e. The molecule has 0 unspecified atom stereocenters. The largest absolute Gasteiger partial charge is 0.394 e. The molecule has 1 heterocycles. The van der Waals surface area contributed by atoms with Crippen molar-refractivity contribution in [1.29, 1.82) is 0 Å². The summed E-state index contributed by atoms with van der Waals surface area (Å²) in [5.41, 5.74) is 13.7. The third-order valence-corrected chi connectivity index (χ3v) is 6.33. The van der Waals surface area contributed by atoms with Crippen molar-refractivity contribution >= 4 is 64.2 Å². The first kappa shape index (κ1) is 23.9. The van der Waals surface area contributed by atoms with Crippen LogP contribution in [0, 0.1) is 0 Å². The van der Waals surface area contributed by atoms with Gasteiger partial charge in [0.1, 0.15) is 5.70 Å². The van der Waals surface area contributed by atoms with Gasteiger partial charge in [-0.15, -0.1) is 0 Å². The Kier molecular flexibility index (Phi) is 8.66. The van der Waals surface area contributed by atoms with Crippen LogP contribution >= 0.6 is 46.9 Å². The number of hydrogen-bond donors (Lipinski definition) is 3. The molecule has 10 heteroatoms. The van der Waals surface area contributed by atoms with Crippen LogP contribution < -0.4 is 16.2 Å². The fraction of sp³-hybridized carbons (Fsp3) is 0.238. The lowest BCUT2D eigenvalue weighted by molar-refractivity contribution is -0.114. The minimum absolute atomic E-state index is 0.0756. The number of amides is 1. The Balaban J connectivity index is 2.03. The number of nitrogens with zero attached hydrogens (tertiary/aromatic N) is 2. The van der Waals surface area contributed by atoms with Crippen molar-refractivity contribution in [3.8, 4) is 0 Å². The Morgan fingerprint density at radius 3 is 2.29 bits per heavy atom. The number of primary amides is 1. The van der Waals surface area contributed by atoms with Crippen molar-refractivity contribution in [1.82, 2.24) is 9.03 Å². The molecule has 0 bridgehead atoms. The molecule has 0 spiro atoms. The molecule has 2 aromatic rings. The second-order valence-electron chi connectivity index (χ2n) is 6.87. The minimum Gasteiger partial charge on any atom is -0.394 e. The Bertz CT molecular complexity index is 1000. The Hall–Kier alpha value is -1.74. The van der Waals surface area contributed by atoms with Crippen molar-refractivity contribution in [3.63, 3.8) is 0 Å². The molecule has 5 N–H and O–H groups in total. The van der Waals surface area contributed by atoms with Gasteiger partial charge in [0, 0.05) is 53.0 Å². The molecule has 31 heavy (non-hydrogen) atoms. The number of aliphatic imine (C=N–C) groups is 1. The van der Waals surface area contributed by atoms with Gasteiger partial charge in [0.25, 0.3) is 5.91 Å². The lowest BCUT2D eigenvalue weighted by atomic mass is 10.00. The standard InChI is InChI=1S/C21H22Cl3N5OS/c22-14-5-3-13(4-6-14)20(28-18-8-7-15(23)11-17(18)24)16(19(25)21(26)30)12-27-31-29-9-1-2-10-29/h3-8,11,27H,1-2,9-10,12,25H2,(H2,26,30)/b19-16-,28-20?. The Morgan fingerprint density at radius 1 is 1.03 bits per heavy atom. The highest BCUT2D eigenvalue weighted by atomic mass is 35.5. The molecule has 1 aliphatic rings. The van der Waals surface area contributed by atoms with E-state index in [1.54, 1.807) is 42.5 Å². The lowest BCUT2D eigenvalue weighted by Crippen LogP contribution is -2.30. The van der Waals surface area contributed by atoms with Crippen molar-refractivity contribution in [3.05, 3.63) is 74.4 Å². The van der Waals surface area contributed by atoms with Crippen LogP contribution in [0.4, 0.5) is 5.69 Å². The van der Waals surface area contributed by atoms with E-state index < -0.39 is 5.91 Å². The van der Waals surface area contributed by atoms with Crippen LogP contribution in [0.3, 0.4) is 0 Å². The first-order valence-corrected chi connectivity index (χ1v) is 11.5. The molecule has 6 nitrogen and oxygen atoms in total. The quantitative estimate of drug-likeness (QED) is 0.278. The van der Waals surface area contributed by atoms with Gasteiger partial charge in [0.15, 0.2) is 0 Å². The van der Waals surface area contributed by atoms with Crippen LogP contribution in [0.2, 0.25) is 15.1 Å². The van der Waals surface area contributed by atoms with Crippen LogP contribution in [0.25, 0.3) is 0 Å². The monoisotopic (exact) mass is 497 g/mol. The molecule has 1 amide bonds. The number of nitrogens with two attached hydrogens (primary N) is 2. The number of benzene rings is 2. The fourth-order valence-electron chi connectivity index (χ4n) is 3.04. The molecular weight excluding hydrogens is 477 g/mol. The average Bonchev–Trinajstić information content (AvgIpc) is 3.25.